The molecule has 0 aliphatic carbocycles. The van der Waals surface area contributed by atoms with E-state index in [-0.39, 0.29) is 46.3 Å². The first-order valence-corrected chi connectivity index (χ1v) is 7.39. The van der Waals surface area contributed by atoms with Crippen LogP contribution in [0.4, 0.5) is 0 Å². The average molecular weight is 326 g/mol. The van der Waals surface area contributed by atoms with Crippen LogP contribution >= 0.6 is 7.82 Å². The molecule has 0 atom stereocenters. The van der Waals surface area contributed by atoms with Gasteiger partial charge in [-0.05, 0) is 38.2 Å². The van der Waals surface area contributed by atoms with Crippen molar-refractivity contribution in [3.8, 4) is 5.75 Å². The number of phosphoric acid groups is 1. The van der Waals surface area contributed by atoms with Crippen LogP contribution in [-0.2, 0) is 11.0 Å². The van der Waals surface area contributed by atoms with Crippen LogP contribution in [0.2, 0.25) is 0 Å². The Kier molecular flexibility index (Phi) is 6.54. The Bertz CT molecular complexity index is 633. The molecule has 0 aliphatic heterocycles. The SMILES string of the molecule is CN(C)CCc1c[nH]c2cccc(OP(=O)(O)O)c12.[Ca+2].[H-].[H-]. The Morgan fingerprint density at radius 2 is 2.10 bits per heavy atom. The van der Waals surface area contributed by atoms with Crippen LogP contribution in [0.15, 0.2) is 24.4 Å². The molecule has 0 saturated carbocycles. The molecule has 3 N–H and O–H groups in total. The van der Waals surface area contributed by atoms with Gasteiger partial charge in [-0.15, -0.1) is 0 Å². The summed E-state index contributed by atoms with van der Waals surface area (Å²) in [6, 6.07) is 5.11. The van der Waals surface area contributed by atoms with Gasteiger partial charge in [-0.25, -0.2) is 4.57 Å². The molecular weight excluding hydrogens is 307 g/mol. The van der Waals surface area contributed by atoms with Crippen molar-refractivity contribution in [2.45, 2.75) is 6.42 Å². The van der Waals surface area contributed by atoms with Gasteiger partial charge in [-0.2, -0.15) is 0 Å². The van der Waals surface area contributed by atoms with Gasteiger partial charge >= 0.3 is 45.6 Å². The van der Waals surface area contributed by atoms with Crippen molar-refractivity contribution in [3.05, 3.63) is 30.0 Å². The van der Waals surface area contributed by atoms with Crippen molar-refractivity contribution < 1.29 is 21.7 Å². The number of nitrogens with zero attached hydrogens (tertiary/aromatic N) is 1. The minimum atomic E-state index is -4.55. The number of aromatic amines is 1. The fraction of sp³-hybridized carbons (Fsp3) is 0.333. The van der Waals surface area contributed by atoms with E-state index in [0.29, 0.717) is 0 Å². The van der Waals surface area contributed by atoms with Crippen LogP contribution in [0.5, 0.6) is 5.75 Å². The normalized spacial score (nSPS) is 11.7. The fourth-order valence-corrected chi connectivity index (χ4v) is 2.37. The van der Waals surface area contributed by atoms with Crippen molar-refractivity contribution in [1.82, 2.24) is 9.88 Å². The zero-order chi connectivity index (χ0) is 14.0. The van der Waals surface area contributed by atoms with E-state index >= 15 is 0 Å². The molecule has 108 valence electrons. The van der Waals surface area contributed by atoms with Gasteiger partial charge in [-0.1, -0.05) is 6.07 Å². The molecule has 1 heterocycles. The Labute approximate surface area is 150 Å². The van der Waals surface area contributed by atoms with Crippen LogP contribution in [0, 0.1) is 0 Å². The van der Waals surface area contributed by atoms with Gasteiger partial charge in [0.1, 0.15) is 5.75 Å². The van der Waals surface area contributed by atoms with E-state index in [4.69, 9.17) is 14.3 Å². The number of hydrogen-bond acceptors (Lipinski definition) is 3. The standard InChI is InChI=1S/C12H17N2O4P.Ca.2H/c1-14(2)7-6-9-8-13-10-4-3-5-11(12(9)10)18-19(15,16)17;;;/h3-5,8,13H,6-7H2,1-2H3,(H2,15,16,17);;;/q;+2;2*-1. The first-order valence-electron chi connectivity index (χ1n) is 5.85. The predicted molar refractivity (Wildman–Crippen MR) is 81.2 cm³/mol. The van der Waals surface area contributed by atoms with E-state index in [0.717, 1.165) is 29.4 Å². The Balaban J connectivity index is 0. The summed E-state index contributed by atoms with van der Waals surface area (Å²) in [6.07, 6.45) is 2.62. The van der Waals surface area contributed by atoms with Crippen molar-refractivity contribution in [3.63, 3.8) is 0 Å². The molecule has 0 unspecified atom stereocenters. The van der Waals surface area contributed by atoms with Gasteiger partial charge in [-0.3, -0.25) is 9.79 Å². The van der Waals surface area contributed by atoms with Gasteiger partial charge in [0.05, 0.1) is 0 Å². The zero-order valence-corrected chi connectivity index (χ0v) is 14.6. The Hall–Kier alpha value is -0.0703. The van der Waals surface area contributed by atoms with Crippen molar-refractivity contribution in [2.75, 3.05) is 20.6 Å². The van der Waals surface area contributed by atoms with E-state index in [1.165, 1.54) is 0 Å². The summed E-state index contributed by atoms with van der Waals surface area (Å²) >= 11 is 0. The van der Waals surface area contributed by atoms with Crippen molar-refractivity contribution in [2.24, 2.45) is 0 Å². The molecule has 0 bridgehead atoms. The summed E-state index contributed by atoms with van der Waals surface area (Å²) in [4.78, 5) is 23.0. The van der Waals surface area contributed by atoms with Crippen LogP contribution in [0.3, 0.4) is 0 Å². The number of fused-ring (bicyclic) bond motifs is 1. The average Bonchev–Trinajstić information content (AvgIpc) is 2.68. The third-order valence-corrected chi connectivity index (χ3v) is 3.23. The number of H-pyrrole nitrogens is 1. The van der Waals surface area contributed by atoms with Gasteiger partial charge < -0.3 is 17.3 Å². The molecule has 0 fully saturated rings. The summed E-state index contributed by atoms with van der Waals surface area (Å²) in [5.41, 5.74) is 1.78. The summed E-state index contributed by atoms with van der Waals surface area (Å²) in [5.74, 6) is 0.209. The van der Waals surface area contributed by atoms with Crippen molar-refractivity contribution in [1.29, 1.82) is 0 Å². The number of aromatic nitrogens is 1. The van der Waals surface area contributed by atoms with E-state index in [1.54, 1.807) is 12.1 Å². The molecule has 2 aromatic rings. The van der Waals surface area contributed by atoms with Gasteiger partial charge in [0.25, 0.3) is 0 Å². The molecule has 8 heteroatoms. The number of benzene rings is 1. The molecule has 0 saturated heterocycles. The minimum absolute atomic E-state index is 0. The maximum absolute atomic E-state index is 11.0. The molecule has 0 aliphatic rings. The second-order valence-electron chi connectivity index (χ2n) is 4.63. The van der Waals surface area contributed by atoms with E-state index in [1.807, 2.05) is 31.3 Å². The number of hydrogen-bond donors (Lipinski definition) is 3. The van der Waals surface area contributed by atoms with Gasteiger partial charge in [0.2, 0.25) is 0 Å². The van der Waals surface area contributed by atoms with E-state index in [2.05, 4.69) is 4.98 Å². The smallest absolute Gasteiger partial charge is 1.00 e. The molecule has 0 amide bonds. The first-order chi connectivity index (χ1) is 8.87. The minimum Gasteiger partial charge on any atom is -1.00 e. The third kappa shape index (κ3) is 4.74. The predicted octanol–water partition coefficient (Wildman–Crippen LogP) is 1.59. The molecular formula is C12H19CaN2O4P. The zero-order valence-electron chi connectivity index (χ0n) is 13.5. The quantitative estimate of drug-likeness (QED) is 0.574. The summed E-state index contributed by atoms with van der Waals surface area (Å²) in [7, 11) is -0.602. The third-order valence-electron chi connectivity index (χ3n) is 2.79. The molecule has 1 aromatic heterocycles. The first kappa shape index (κ1) is 18.0. The Morgan fingerprint density at radius 3 is 2.70 bits per heavy atom. The van der Waals surface area contributed by atoms with E-state index in [9.17, 15) is 4.57 Å². The topological polar surface area (TPSA) is 85.8 Å². The maximum atomic E-state index is 11.0. The Morgan fingerprint density at radius 1 is 1.40 bits per heavy atom. The summed E-state index contributed by atoms with van der Waals surface area (Å²) in [5, 5.41) is 0.729. The number of nitrogens with one attached hydrogen (secondary N) is 1. The largest absolute Gasteiger partial charge is 2.00 e. The maximum Gasteiger partial charge on any atom is 2.00 e. The molecule has 0 radical (unpaired) electrons. The van der Waals surface area contributed by atoms with Crippen molar-refractivity contribution >= 4 is 56.5 Å². The molecule has 2 rings (SSSR count). The van der Waals surface area contributed by atoms with Crippen LogP contribution in [0.25, 0.3) is 10.9 Å². The number of phosphoric ester groups is 1. The second kappa shape index (κ2) is 7.27. The monoisotopic (exact) mass is 326 g/mol. The van der Waals surface area contributed by atoms with Crippen LogP contribution < -0.4 is 4.52 Å². The van der Waals surface area contributed by atoms with Crippen LogP contribution in [0.1, 0.15) is 8.42 Å². The van der Waals surface area contributed by atoms with Gasteiger partial charge in [0, 0.05) is 23.6 Å². The number of likely N-dealkylation sites (N-methyl/N-ethyl adjacent to an activating group) is 1. The second-order valence-corrected chi connectivity index (χ2v) is 5.79. The molecule has 6 nitrogen and oxygen atoms in total. The van der Waals surface area contributed by atoms with Crippen LogP contribution in [-0.4, -0.2) is 78.0 Å². The van der Waals surface area contributed by atoms with Gasteiger partial charge in [0.15, 0.2) is 0 Å². The number of rotatable bonds is 5. The van der Waals surface area contributed by atoms with E-state index < -0.39 is 7.82 Å². The molecule has 0 spiro atoms. The summed E-state index contributed by atoms with van der Waals surface area (Å²) in [6.45, 7) is 0.844. The molecule has 1 aromatic carbocycles. The molecule has 20 heavy (non-hydrogen) atoms. The summed E-state index contributed by atoms with van der Waals surface area (Å²) < 4.78 is 15.8. The fourth-order valence-electron chi connectivity index (χ4n) is 1.97.